The summed E-state index contributed by atoms with van der Waals surface area (Å²) in [6.07, 6.45) is 3.32. The molecule has 0 unspecified atom stereocenters. The van der Waals surface area contributed by atoms with Crippen LogP contribution in [0.4, 0.5) is 0 Å². The number of rotatable bonds is 9. The lowest BCUT2D eigenvalue weighted by Crippen LogP contribution is -2.38. The number of hydrogen-bond acceptors (Lipinski definition) is 2. The number of guanidine groups is 1. The second-order valence-corrected chi connectivity index (χ2v) is 6.81. The van der Waals surface area contributed by atoms with E-state index in [-0.39, 0.29) is 29.9 Å². The predicted octanol–water partition coefficient (Wildman–Crippen LogP) is 3.59. The van der Waals surface area contributed by atoms with Gasteiger partial charge in [-0.2, -0.15) is 0 Å². The Kier molecular flexibility index (Phi) is 10.2. The Balaban J connectivity index is 0.00000320. The van der Waals surface area contributed by atoms with Crippen LogP contribution in [0.1, 0.15) is 24.5 Å². The summed E-state index contributed by atoms with van der Waals surface area (Å²) in [7, 11) is 0. The zero-order valence-electron chi connectivity index (χ0n) is 17.3. The number of halogens is 1. The van der Waals surface area contributed by atoms with Crippen molar-refractivity contribution >= 4 is 46.7 Å². The van der Waals surface area contributed by atoms with Crippen molar-refractivity contribution in [1.29, 1.82) is 0 Å². The SMILES string of the molecule is CCNC(=NCCC(=O)NCc1ccccc1)NCCc1c[nH]c2ccccc12.I. The molecule has 3 rings (SSSR count). The molecular formula is C23H30IN5O. The lowest BCUT2D eigenvalue weighted by molar-refractivity contribution is -0.121. The summed E-state index contributed by atoms with van der Waals surface area (Å²) >= 11 is 0. The molecule has 0 spiro atoms. The molecule has 2 aromatic carbocycles. The first kappa shape index (κ1) is 23.7. The zero-order chi connectivity index (χ0) is 20.3. The van der Waals surface area contributed by atoms with E-state index in [1.54, 1.807) is 0 Å². The van der Waals surface area contributed by atoms with Gasteiger partial charge < -0.3 is 20.9 Å². The number of aromatic amines is 1. The average molecular weight is 519 g/mol. The molecule has 0 aliphatic rings. The van der Waals surface area contributed by atoms with Gasteiger partial charge in [0, 0.05) is 43.2 Å². The number of carbonyl (C=O) groups is 1. The van der Waals surface area contributed by atoms with Gasteiger partial charge in [0.2, 0.25) is 5.91 Å². The highest BCUT2D eigenvalue weighted by Crippen LogP contribution is 2.17. The molecule has 1 aromatic heterocycles. The van der Waals surface area contributed by atoms with Crippen LogP contribution in [0.2, 0.25) is 0 Å². The van der Waals surface area contributed by atoms with E-state index in [0.717, 1.165) is 36.6 Å². The second kappa shape index (κ2) is 12.9. The molecule has 0 bridgehead atoms. The van der Waals surface area contributed by atoms with Gasteiger partial charge >= 0.3 is 0 Å². The first-order valence-corrected chi connectivity index (χ1v) is 10.1. The number of H-pyrrole nitrogens is 1. The molecule has 0 atom stereocenters. The van der Waals surface area contributed by atoms with Crippen LogP contribution in [0.25, 0.3) is 10.9 Å². The van der Waals surface area contributed by atoms with Crippen LogP contribution >= 0.6 is 24.0 Å². The molecular weight excluding hydrogens is 489 g/mol. The highest BCUT2D eigenvalue weighted by molar-refractivity contribution is 14.0. The van der Waals surface area contributed by atoms with Crippen LogP contribution in [0.5, 0.6) is 0 Å². The van der Waals surface area contributed by atoms with Crippen LogP contribution in [0.3, 0.4) is 0 Å². The monoisotopic (exact) mass is 519 g/mol. The molecule has 160 valence electrons. The fourth-order valence-corrected chi connectivity index (χ4v) is 3.15. The lowest BCUT2D eigenvalue weighted by atomic mass is 10.1. The van der Waals surface area contributed by atoms with E-state index >= 15 is 0 Å². The van der Waals surface area contributed by atoms with E-state index in [1.807, 2.05) is 43.3 Å². The van der Waals surface area contributed by atoms with Gasteiger partial charge in [0.25, 0.3) is 0 Å². The molecule has 30 heavy (non-hydrogen) atoms. The molecule has 0 aliphatic carbocycles. The molecule has 7 heteroatoms. The van der Waals surface area contributed by atoms with Crippen molar-refractivity contribution in [3.63, 3.8) is 0 Å². The van der Waals surface area contributed by atoms with E-state index in [0.29, 0.717) is 19.5 Å². The largest absolute Gasteiger partial charge is 0.361 e. The number of fused-ring (bicyclic) bond motifs is 1. The van der Waals surface area contributed by atoms with Crippen LogP contribution in [-0.4, -0.2) is 36.5 Å². The fraction of sp³-hybridized carbons (Fsp3) is 0.304. The molecule has 0 aliphatic heterocycles. The Morgan fingerprint density at radius 1 is 1.00 bits per heavy atom. The number of hydrogen-bond donors (Lipinski definition) is 4. The molecule has 0 saturated heterocycles. The third kappa shape index (κ3) is 7.37. The van der Waals surface area contributed by atoms with Crippen molar-refractivity contribution in [2.45, 2.75) is 26.3 Å². The van der Waals surface area contributed by atoms with Gasteiger partial charge in [-0.05, 0) is 30.5 Å². The molecule has 1 amide bonds. The van der Waals surface area contributed by atoms with Gasteiger partial charge in [0.05, 0.1) is 6.54 Å². The number of amides is 1. The van der Waals surface area contributed by atoms with E-state index in [1.165, 1.54) is 10.9 Å². The number of para-hydroxylation sites is 1. The second-order valence-electron chi connectivity index (χ2n) is 6.81. The Labute approximate surface area is 195 Å². The summed E-state index contributed by atoms with van der Waals surface area (Å²) in [4.78, 5) is 19.8. The molecule has 3 aromatic rings. The van der Waals surface area contributed by atoms with Crippen LogP contribution in [0.15, 0.2) is 65.8 Å². The van der Waals surface area contributed by atoms with Gasteiger partial charge in [-0.15, -0.1) is 24.0 Å². The van der Waals surface area contributed by atoms with Gasteiger partial charge in [-0.1, -0.05) is 48.5 Å². The highest BCUT2D eigenvalue weighted by atomic mass is 127. The maximum absolute atomic E-state index is 12.0. The standard InChI is InChI=1S/C23H29N5O.HI/c1-2-24-23(25-14-12-19-17-27-21-11-7-6-10-20(19)21)26-15-13-22(29)28-16-18-8-4-3-5-9-18;/h3-11,17,27H,2,12-16H2,1H3,(H,28,29)(H2,24,25,26);1H. The fourth-order valence-electron chi connectivity index (χ4n) is 3.15. The van der Waals surface area contributed by atoms with E-state index in [2.05, 4.69) is 50.3 Å². The minimum atomic E-state index is 0. The molecule has 0 fully saturated rings. The number of aliphatic imine (C=N–C) groups is 1. The van der Waals surface area contributed by atoms with Gasteiger partial charge in [-0.25, -0.2) is 0 Å². The molecule has 6 nitrogen and oxygen atoms in total. The van der Waals surface area contributed by atoms with Crippen molar-refractivity contribution in [2.24, 2.45) is 4.99 Å². The van der Waals surface area contributed by atoms with Crippen molar-refractivity contribution in [1.82, 2.24) is 20.9 Å². The van der Waals surface area contributed by atoms with Gasteiger partial charge in [-0.3, -0.25) is 9.79 Å². The Bertz CT molecular complexity index is 939. The summed E-state index contributed by atoms with van der Waals surface area (Å²) in [5.41, 5.74) is 3.53. The number of nitrogens with zero attached hydrogens (tertiary/aromatic N) is 1. The Morgan fingerprint density at radius 2 is 1.77 bits per heavy atom. The predicted molar refractivity (Wildman–Crippen MR) is 134 cm³/mol. The van der Waals surface area contributed by atoms with Crippen molar-refractivity contribution in [3.05, 3.63) is 71.9 Å². The number of nitrogens with one attached hydrogen (secondary N) is 4. The topological polar surface area (TPSA) is 81.3 Å². The average Bonchev–Trinajstić information content (AvgIpc) is 3.16. The quantitative estimate of drug-likeness (QED) is 0.198. The maximum Gasteiger partial charge on any atom is 0.222 e. The van der Waals surface area contributed by atoms with Gasteiger partial charge in [0.1, 0.15) is 0 Å². The van der Waals surface area contributed by atoms with E-state index < -0.39 is 0 Å². The smallest absolute Gasteiger partial charge is 0.222 e. The van der Waals surface area contributed by atoms with Crippen LogP contribution in [-0.2, 0) is 17.8 Å². The van der Waals surface area contributed by atoms with Crippen LogP contribution < -0.4 is 16.0 Å². The lowest BCUT2D eigenvalue weighted by Gasteiger charge is -2.11. The summed E-state index contributed by atoms with van der Waals surface area (Å²) in [6, 6.07) is 18.2. The van der Waals surface area contributed by atoms with Crippen LogP contribution in [0, 0.1) is 0 Å². The third-order valence-electron chi connectivity index (χ3n) is 4.65. The summed E-state index contributed by atoms with van der Waals surface area (Å²) < 4.78 is 0. The Hall–Kier alpha value is -2.55. The molecule has 4 N–H and O–H groups in total. The summed E-state index contributed by atoms with van der Waals surface area (Å²) in [5.74, 6) is 0.746. The maximum atomic E-state index is 12.0. The molecule has 1 heterocycles. The minimum absolute atomic E-state index is 0. The Morgan fingerprint density at radius 3 is 2.57 bits per heavy atom. The normalized spacial score (nSPS) is 11.0. The first-order chi connectivity index (χ1) is 14.3. The molecule has 0 radical (unpaired) electrons. The van der Waals surface area contributed by atoms with Gasteiger partial charge in [0.15, 0.2) is 5.96 Å². The highest BCUT2D eigenvalue weighted by Gasteiger charge is 2.04. The minimum Gasteiger partial charge on any atom is -0.361 e. The number of carbonyl (C=O) groups excluding carboxylic acids is 1. The summed E-state index contributed by atoms with van der Waals surface area (Å²) in [5, 5.41) is 10.8. The van der Waals surface area contributed by atoms with Crippen molar-refractivity contribution in [3.8, 4) is 0 Å². The van der Waals surface area contributed by atoms with Crippen molar-refractivity contribution in [2.75, 3.05) is 19.6 Å². The zero-order valence-corrected chi connectivity index (χ0v) is 19.6. The number of aromatic nitrogens is 1. The molecule has 0 saturated carbocycles. The number of benzene rings is 2. The van der Waals surface area contributed by atoms with Crippen molar-refractivity contribution < 1.29 is 4.79 Å². The summed E-state index contributed by atoms with van der Waals surface area (Å²) in [6.45, 7) is 4.58. The first-order valence-electron chi connectivity index (χ1n) is 10.1. The van der Waals surface area contributed by atoms with E-state index in [4.69, 9.17) is 0 Å². The van der Waals surface area contributed by atoms with E-state index in [9.17, 15) is 4.79 Å². The third-order valence-corrected chi connectivity index (χ3v) is 4.65.